The summed E-state index contributed by atoms with van der Waals surface area (Å²) in [6.45, 7) is 2.18. The second-order valence-electron chi connectivity index (χ2n) is 6.09. The van der Waals surface area contributed by atoms with Gasteiger partial charge in [-0.25, -0.2) is 9.78 Å². The first-order chi connectivity index (χ1) is 12.8. The molecule has 144 valence electrons. The lowest BCUT2D eigenvalue weighted by Gasteiger charge is -2.21. The largest absolute Gasteiger partial charge is 0.573 e. The van der Waals surface area contributed by atoms with Gasteiger partial charge in [-0.2, -0.15) is 0 Å². The summed E-state index contributed by atoms with van der Waals surface area (Å²) in [6, 6.07) is 9.24. The summed E-state index contributed by atoms with van der Waals surface area (Å²) in [7, 11) is 0. The molecule has 6 nitrogen and oxygen atoms in total. The first kappa shape index (κ1) is 18.8. The topological polar surface area (TPSA) is 65.9 Å². The zero-order valence-corrected chi connectivity index (χ0v) is 14.3. The highest BCUT2D eigenvalue weighted by molar-refractivity contribution is 5.66. The summed E-state index contributed by atoms with van der Waals surface area (Å²) in [5.74, 6) is 0.464. The van der Waals surface area contributed by atoms with Crippen LogP contribution < -0.4 is 9.64 Å². The maximum absolute atomic E-state index is 12.2. The van der Waals surface area contributed by atoms with E-state index in [4.69, 9.17) is 5.11 Å². The quantitative estimate of drug-likeness (QED) is 0.875. The molecule has 1 aromatic carbocycles. The van der Waals surface area contributed by atoms with Crippen LogP contribution in [0.1, 0.15) is 6.42 Å². The van der Waals surface area contributed by atoms with Crippen molar-refractivity contribution in [3.8, 4) is 16.9 Å². The van der Waals surface area contributed by atoms with Crippen LogP contribution in [0.3, 0.4) is 0 Å². The minimum atomic E-state index is -4.71. The Bertz CT molecular complexity index is 779. The first-order valence-corrected chi connectivity index (χ1v) is 8.37. The average Bonchev–Trinajstić information content (AvgIpc) is 2.88. The molecule has 1 amide bonds. The molecule has 0 aliphatic carbocycles. The van der Waals surface area contributed by atoms with E-state index in [1.807, 2.05) is 17.0 Å². The Labute approximate surface area is 153 Å². The SMILES string of the molecule is O=C(O)N1CCCN(c2ccc(-c3ccc(OC(F)(F)F)cc3)cn2)CC1. The number of ether oxygens (including phenoxy) is 1. The van der Waals surface area contributed by atoms with Crippen molar-refractivity contribution in [1.29, 1.82) is 0 Å². The maximum Gasteiger partial charge on any atom is 0.573 e. The molecule has 0 spiro atoms. The number of anilines is 1. The smallest absolute Gasteiger partial charge is 0.465 e. The van der Waals surface area contributed by atoms with Crippen LogP contribution in [0.5, 0.6) is 5.75 Å². The van der Waals surface area contributed by atoms with Crippen LogP contribution in [-0.2, 0) is 0 Å². The minimum absolute atomic E-state index is 0.275. The fraction of sp³-hybridized carbons (Fsp3) is 0.333. The molecule has 1 aromatic heterocycles. The average molecular weight is 381 g/mol. The Morgan fingerprint density at radius 2 is 1.70 bits per heavy atom. The highest BCUT2D eigenvalue weighted by atomic mass is 19.4. The van der Waals surface area contributed by atoms with Gasteiger partial charge in [0.15, 0.2) is 0 Å². The number of rotatable bonds is 3. The van der Waals surface area contributed by atoms with Gasteiger partial charge in [0.25, 0.3) is 0 Å². The lowest BCUT2D eigenvalue weighted by atomic mass is 10.1. The molecular weight excluding hydrogens is 363 g/mol. The second kappa shape index (κ2) is 7.73. The van der Waals surface area contributed by atoms with Gasteiger partial charge in [-0.3, -0.25) is 0 Å². The van der Waals surface area contributed by atoms with Gasteiger partial charge in [0, 0.05) is 37.9 Å². The number of carbonyl (C=O) groups is 1. The lowest BCUT2D eigenvalue weighted by molar-refractivity contribution is -0.274. The van der Waals surface area contributed by atoms with Crippen molar-refractivity contribution in [3.63, 3.8) is 0 Å². The van der Waals surface area contributed by atoms with Gasteiger partial charge in [-0.15, -0.1) is 13.2 Å². The number of alkyl halides is 3. The lowest BCUT2D eigenvalue weighted by Crippen LogP contribution is -2.34. The molecular formula is C18H18F3N3O3. The third-order valence-corrected chi connectivity index (χ3v) is 4.26. The molecule has 0 bridgehead atoms. The molecule has 0 atom stereocenters. The fourth-order valence-electron chi connectivity index (χ4n) is 2.93. The van der Waals surface area contributed by atoms with Crippen molar-refractivity contribution in [2.45, 2.75) is 12.8 Å². The van der Waals surface area contributed by atoms with Crippen LogP contribution in [0.25, 0.3) is 11.1 Å². The summed E-state index contributed by atoms with van der Waals surface area (Å²) >= 11 is 0. The highest BCUT2D eigenvalue weighted by Crippen LogP contribution is 2.27. The number of hydrogen-bond donors (Lipinski definition) is 1. The highest BCUT2D eigenvalue weighted by Gasteiger charge is 2.31. The molecule has 27 heavy (non-hydrogen) atoms. The van der Waals surface area contributed by atoms with Gasteiger partial charge in [0.2, 0.25) is 0 Å². The Morgan fingerprint density at radius 1 is 1.00 bits per heavy atom. The van der Waals surface area contributed by atoms with E-state index in [0.717, 1.165) is 23.4 Å². The number of halogens is 3. The van der Waals surface area contributed by atoms with Crippen LogP contribution in [0.15, 0.2) is 42.6 Å². The third kappa shape index (κ3) is 5.02. The van der Waals surface area contributed by atoms with Gasteiger partial charge >= 0.3 is 12.5 Å². The molecule has 9 heteroatoms. The molecule has 1 N–H and O–H groups in total. The number of aromatic nitrogens is 1. The summed E-state index contributed by atoms with van der Waals surface area (Å²) < 4.78 is 40.5. The maximum atomic E-state index is 12.2. The predicted molar refractivity (Wildman–Crippen MR) is 92.8 cm³/mol. The Kier molecular flexibility index (Phi) is 5.38. The van der Waals surface area contributed by atoms with E-state index in [2.05, 4.69) is 9.72 Å². The molecule has 1 aliphatic rings. The Hall–Kier alpha value is -2.97. The van der Waals surface area contributed by atoms with E-state index in [1.54, 1.807) is 6.20 Å². The minimum Gasteiger partial charge on any atom is -0.465 e. The molecule has 2 aromatic rings. The van der Waals surface area contributed by atoms with Crippen molar-refractivity contribution < 1.29 is 27.8 Å². The number of nitrogens with zero attached hydrogens (tertiary/aromatic N) is 3. The molecule has 3 rings (SSSR count). The number of benzene rings is 1. The summed E-state index contributed by atoms with van der Waals surface area (Å²) in [5.41, 5.74) is 1.48. The van der Waals surface area contributed by atoms with Crippen LogP contribution in [0, 0.1) is 0 Å². The van der Waals surface area contributed by atoms with Crippen LogP contribution >= 0.6 is 0 Å². The van der Waals surface area contributed by atoms with Gasteiger partial charge in [0.05, 0.1) is 0 Å². The fourth-order valence-corrected chi connectivity index (χ4v) is 2.93. The number of hydrogen-bond acceptors (Lipinski definition) is 4. The summed E-state index contributed by atoms with van der Waals surface area (Å²) in [4.78, 5) is 18.9. The zero-order chi connectivity index (χ0) is 19.4. The van der Waals surface area contributed by atoms with E-state index in [1.165, 1.54) is 29.2 Å². The van der Waals surface area contributed by atoms with Crippen molar-refractivity contribution in [2.75, 3.05) is 31.1 Å². The van der Waals surface area contributed by atoms with Crippen molar-refractivity contribution in [3.05, 3.63) is 42.6 Å². The monoisotopic (exact) mass is 381 g/mol. The summed E-state index contributed by atoms with van der Waals surface area (Å²) in [5, 5.41) is 9.08. The molecule has 1 saturated heterocycles. The second-order valence-corrected chi connectivity index (χ2v) is 6.09. The molecule has 1 fully saturated rings. The number of pyridine rings is 1. The molecule has 2 heterocycles. The van der Waals surface area contributed by atoms with E-state index < -0.39 is 12.5 Å². The van der Waals surface area contributed by atoms with Gasteiger partial charge in [-0.1, -0.05) is 12.1 Å². The van der Waals surface area contributed by atoms with E-state index in [0.29, 0.717) is 26.2 Å². The first-order valence-electron chi connectivity index (χ1n) is 8.37. The van der Waals surface area contributed by atoms with Gasteiger partial charge < -0.3 is 19.6 Å². The molecule has 0 radical (unpaired) electrons. The third-order valence-electron chi connectivity index (χ3n) is 4.26. The number of carboxylic acid groups (broad SMARTS) is 1. The molecule has 0 unspecified atom stereocenters. The van der Waals surface area contributed by atoms with Crippen LogP contribution in [0.4, 0.5) is 23.8 Å². The van der Waals surface area contributed by atoms with Crippen LogP contribution in [-0.4, -0.2) is 53.6 Å². The van der Waals surface area contributed by atoms with E-state index in [-0.39, 0.29) is 5.75 Å². The molecule has 1 aliphatic heterocycles. The Morgan fingerprint density at radius 3 is 2.30 bits per heavy atom. The predicted octanol–water partition coefficient (Wildman–Crippen LogP) is 3.84. The van der Waals surface area contributed by atoms with Crippen molar-refractivity contribution in [2.24, 2.45) is 0 Å². The van der Waals surface area contributed by atoms with Crippen molar-refractivity contribution in [1.82, 2.24) is 9.88 Å². The normalized spacial score (nSPS) is 15.4. The number of amides is 1. The Balaban J connectivity index is 1.67. The van der Waals surface area contributed by atoms with E-state index >= 15 is 0 Å². The van der Waals surface area contributed by atoms with Gasteiger partial charge in [0.1, 0.15) is 11.6 Å². The standard InChI is InChI=1S/C18H18F3N3O3/c19-18(20,21)27-15-5-2-13(3-6-15)14-4-7-16(22-12-14)23-8-1-9-24(11-10-23)17(25)26/h2-7,12H,1,8-11H2,(H,25,26). The zero-order valence-electron chi connectivity index (χ0n) is 14.3. The van der Waals surface area contributed by atoms with Crippen molar-refractivity contribution >= 4 is 11.9 Å². The molecule has 0 saturated carbocycles. The van der Waals surface area contributed by atoms with E-state index in [9.17, 15) is 18.0 Å². The van der Waals surface area contributed by atoms with Crippen LogP contribution in [0.2, 0.25) is 0 Å². The van der Waals surface area contributed by atoms with Gasteiger partial charge in [-0.05, 0) is 36.2 Å². The summed E-state index contributed by atoms with van der Waals surface area (Å²) in [6.07, 6.45) is -3.27.